The smallest absolute Gasteiger partial charge is 0.0492 e. The lowest BCUT2D eigenvalue weighted by Gasteiger charge is -2.10. The minimum absolute atomic E-state index is 0.588. The van der Waals surface area contributed by atoms with Crippen molar-refractivity contribution < 1.29 is 0 Å². The molecule has 0 aliphatic rings. The molecule has 0 aliphatic heterocycles. The molecule has 0 fully saturated rings. The van der Waals surface area contributed by atoms with Gasteiger partial charge in [0.1, 0.15) is 0 Å². The van der Waals surface area contributed by atoms with E-state index in [1.807, 2.05) is 25.0 Å². The number of nitrogens with one attached hydrogen (secondary N) is 1. The predicted molar refractivity (Wildman–Crippen MR) is 50.2 cm³/mol. The maximum Gasteiger partial charge on any atom is 0.0492 e. The SMILES string of the molecule is CNCCC(C)c1ccnn1C. The fourth-order valence-electron chi connectivity index (χ4n) is 1.38. The molecule has 0 aliphatic carbocycles. The van der Waals surface area contributed by atoms with E-state index >= 15 is 0 Å². The van der Waals surface area contributed by atoms with Gasteiger partial charge in [-0.25, -0.2) is 0 Å². The van der Waals surface area contributed by atoms with Crippen LogP contribution in [0.25, 0.3) is 0 Å². The highest BCUT2D eigenvalue weighted by Crippen LogP contribution is 2.16. The zero-order chi connectivity index (χ0) is 8.97. The average molecular weight is 167 g/mol. The van der Waals surface area contributed by atoms with E-state index in [-0.39, 0.29) is 0 Å². The molecule has 1 heterocycles. The summed E-state index contributed by atoms with van der Waals surface area (Å²) in [5, 5.41) is 7.29. The van der Waals surface area contributed by atoms with Crippen molar-refractivity contribution in [2.24, 2.45) is 7.05 Å². The Balaban J connectivity index is 2.52. The highest BCUT2D eigenvalue weighted by Gasteiger charge is 2.07. The molecule has 0 aromatic carbocycles. The van der Waals surface area contributed by atoms with E-state index in [9.17, 15) is 0 Å². The Kier molecular flexibility index (Phi) is 3.29. The summed E-state index contributed by atoms with van der Waals surface area (Å²) in [7, 11) is 3.97. The first kappa shape index (κ1) is 9.26. The van der Waals surface area contributed by atoms with Crippen LogP contribution in [0.3, 0.4) is 0 Å². The number of aryl methyl sites for hydroxylation is 1. The first-order chi connectivity index (χ1) is 5.75. The van der Waals surface area contributed by atoms with Gasteiger partial charge in [0.2, 0.25) is 0 Å². The van der Waals surface area contributed by atoms with Gasteiger partial charge in [-0.05, 0) is 32.0 Å². The molecule has 68 valence electrons. The second-order valence-electron chi connectivity index (χ2n) is 3.17. The van der Waals surface area contributed by atoms with Gasteiger partial charge in [0, 0.05) is 18.9 Å². The Morgan fingerprint density at radius 3 is 2.92 bits per heavy atom. The summed E-state index contributed by atoms with van der Waals surface area (Å²) < 4.78 is 1.94. The summed E-state index contributed by atoms with van der Waals surface area (Å²) in [6.07, 6.45) is 3.02. The van der Waals surface area contributed by atoms with Crippen LogP contribution in [0, 0.1) is 0 Å². The molecule has 3 heteroatoms. The van der Waals surface area contributed by atoms with E-state index in [2.05, 4.69) is 23.4 Å². The van der Waals surface area contributed by atoms with Gasteiger partial charge in [0.25, 0.3) is 0 Å². The Labute approximate surface area is 73.8 Å². The average Bonchev–Trinajstić information content (AvgIpc) is 2.47. The van der Waals surface area contributed by atoms with Gasteiger partial charge in [-0.3, -0.25) is 4.68 Å². The van der Waals surface area contributed by atoms with Crippen LogP contribution in [-0.2, 0) is 7.05 Å². The fraction of sp³-hybridized carbons (Fsp3) is 0.667. The lowest BCUT2D eigenvalue weighted by atomic mass is 10.0. The van der Waals surface area contributed by atoms with Crippen molar-refractivity contribution in [2.45, 2.75) is 19.3 Å². The van der Waals surface area contributed by atoms with Gasteiger partial charge in [0.05, 0.1) is 0 Å². The van der Waals surface area contributed by atoms with Gasteiger partial charge >= 0.3 is 0 Å². The van der Waals surface area contributed by atoms with Crippen molar-refractivity contribution >= 4 is 0 Å². The number of hydrogen-bond acceptors (Lipinski definition) is 2. The number of hydrogen-bond donors (Lipinski definition) is 1. The van der Waals surface area contributed by atoms with Crippen LogP contribution in [0.2, 0.25) is 0 Å². The molecule has 0 spiro atoms. The summed E-state index contributed by atoms with van der Waals surface area (Å²) in [6.45, 7) is 3.29. The van der Waals surface area contributed by atoms with Crippen molar-refractivity contribution in [3.63, 3.8) is 0 Å². The predicted octanol–water partition coefficient (Wildman–Crippen LogP) is 1.13. The molecule has 1 aromatic rings. The van der Waals surface area contributed by atoms with Crippen LogP contribution in [-0.4, -0.2) is 23.4 Å². The van der Waals surface area contributed by atoms with E-state index < -0.39 is 0 Å². The van der Waals surface area contributed by atoms with E-state index in [1.54, 1.807) is 0 Å². The zero-order valence-corrected chi connectivity index (χ0v) is 8.04. The molecule has 3 nitrogen and oxygen atoms in total. The van der Waals surface area contributed by atoms with E-state index in [0.717, 1.165) is 13.0 Å². The minimum Gasteiger partial charge on any atom is -0.320 e. The summed E-state index contributed by atoms with van der Waals surface area (Å²) >= 11 is 0. The van der Waals surface area contributed by atoms with Crippen LogP contribution in [0.15, 0.2) is 12.3 Å². The van der Waals surface area contributed by atoms with Crippen molar-refractivity contribution in [3.05, 3.63) is 18.0 Å². The highest BCUT2D eigenvalue weighted by atomic mass is 15.3. The molecule has 1 N–H and O–H groups in total. The Hall–Kier alpha value is -0.830. The van der Waals surface area contributed by atoms with Crippen molar-refractivity contribution in [1.29, 1.82) is 0 Å². The zero-order valence-electron chi connectivity index (χ0n) is 8.04. The summed E-state index contributed by atoms with van der Waals surface area (Å²) in [5.74, 6) is 0.588. The molecule has 0 saturated carbocycles. The molecule has 1 atom stereocenters. The van der Waals surface area contributed by atoms with Crippen LogP contribution in [0.1, 0.15) is 25.0 Å². The summed E-state index contributed by atoms with van der Waals surface area (Å²) in [6, 6.07) is 2.08. The third-order valence-electron chi connectivity index (χ3n) is 2.19. The first-order valence-corrected chi connectivity index (χ1v) is 4.38. The normalized spacial score (nSPS) is 13.2. The number of rotatable bonds is 4. The van der Waals surface area contributed by atoms with Gasteiger partial charge in [-0.15, -0.1) is 0 Å². The quantitative estimate of drug-likeness (QED) is 0.728. The topological polar surface area (TPSA) is 29.9 Å². The van der Waals surface area contributed by atoms with Crippen molar-refractivity contribution in [3.8, 4) is 0 Å². The van der Waals surface area contributed by atoms with Crippen LogP contribution in [0.5, 0.6) is 0 Å². The van der Waals surface area contributed by atoms with E-state index in [1.165, 1.54) is 5.69 Å². The van der Waals surface area contributed by atoms with E-state index in [0.29, 0.717) is 5.92 Å². The third-order valence-corrected chi connectivity index (χ3v) is 2.19. The summed E-state index contributed by atoms with van der Waals surface area (Å²) in [5.41, 5.74) is 1.31. The second-order valence-corrected chi connectivity index (χ2v) is 3.17. The molecule has 1 aromatic heterocycles. The Morgan fingerprint density at radius 2 is 2.42 bits per heavy atom. The standard InChI is InChI=1S/C9H17N3/c1-8(4-6-10-2)9-5-7-11-12(9)3/h5,7-8,10H,4,6H2,1-3H3. The molecular weight excluding hydrogens is 150 g/mol. The Morgan fingerprint density at radius 1 is 1.67 bits per heavy atom. The largest absolute Gasteiger partial charge is 0.320 e. The Bertz CT molecular complexity index is 229. The van der Waals surface area contributed by atoms with Gasteiger partial charge in [-0.2, -0.15) is 5.10 Å². The van der Waals surface area contributed by atoms with Crippen LogP contribution in [0.4, 0.5) is 0 Å². The molecule has 12 heavy (non-hydrogen) atoms. The van der Waals surface area contributed by atoms with Crippen molar-refractivity contribution in [1.82, 2.24) is 15.1 Å². The minimum atomic E-state index is 0.588. The monoisotopic (exact) mass is 167 g/mol. The number of nitrogens with zero attached hydrogens (tertiary/aromatic N) is 2. The lowest BCUT2D eigenvalue weighted by molar-refractivity contribution is 0.582. The molecule has 1 unspecified atom stereocenters. The van der Waals surface area contributed by atoms with Crippen LogP contribution >= 0.6 is 0 Å². The molecule has 0 saturated heterocycles. The fourth-order valence-corrected chi connectivity index (χ4v) is 1.38. The van der Waals surface area contributed by atoms with Gasteiger partial charge in [0.15, 0.2) is 0 Å². The molecule has 0 amide bonds. The maximum atomic E-state index is 4.14. The van der Waals surface area contributed by atoms with Gasteiger partial charge < -0.3 is 5.32 Å². The number of aromatic nitrogens is 2. The maximum absolute atomic E-state index is 4.14. The van der Waals surface area contributed by atoms with Gasteiger partial charge in [-0.1, -0.05) is 6.92 Å². The third kappa shape index (κ3) is 2.08. The molecule has 1 rings (SSSR count). The highest BCUT2D eigenvalue weighted by molar-refractivity contribution is 5.05. The van der Waals surface area contributed by atoms with E-state index in [4.69, 9.17) is 0 Å². The first-order valence-electron chi connectivity index (χ1n) is 4.38. The van der Waals surface area contributed by atoms with Crippen LogP contribution < -0.4 is 5.32 Å². The lowest BCUT2D eigenvalue weighted by Crippen LogP contribution is -2.12. The summed E-state index contributed by atoms with van der Waals surface area (Å²) in [4.78, 5) is 0. The molecule has 0 radical (unpaired) electrons. The van der Waals surface area contributed by atoms with Crippen molar-refractivity contribution in [2.75, 3.05) is 13.6 Å². The second kappa shape index (κ2) is 4.26. The molecular formula is C9H17N3. The molecule has 0 bridgehead atoms.